The molecule has 0 saturated carbocycles. The Bertz CT molecular complexity index is 281. The van der Waals surface area contributed by atoms with Gasteiger partial charge < -0.3 is 9.47 Å². The van der Waals surface area contributed by atoms with Gasteiger partial charge >= 0.3 is 0 Å². The molecule has 4 nitrogen and oxygen atoms in total. The van der Waals surface area contributed by atoms with Gasteiger partial charge in [-0.05, 0) is 59.9 Å². The molecular weight excluding hydrogens is 252 g/mol. The summed E-state index contributed by atoms with van der Waals surface area (Å²) in [6.45, 7) is 13.1. The summed E-state index contributed by atoms with van der Waals surface area (Å²) in [6, 6.07) is 2.37. The van der Waals surface area contributed by atoms with E-state index in [9.17, 15) is 5.26 Å². The molecular formula is C16H32N2O2. The van der Waals surface area contributed by atoms with Crippen LogP contribution in [-0.4, -0.2) is 37.5 Å². The molecule has 0 amide bonds. The maximum Gasteiger partial charge on any atom is 0.103 e. The zero-order chi connectivity index (χ0) is 15.5. The van der Waals surface area contributed by atoms with Gasteiger partial charge in [-0.15, -0.1) is 0 Å². The van der Waals surface area contributed by atoms with Crippen LogP contribution in [0.15, 0.2) is 0 Å². The van der Waals surface area contributed by atoms with Crippen molar-refractivity contribution in [2.24, 2.45) is 0 Å². The van der Waals surface area contributed by atoms with Crippen LogP contribution in [0.4, 0.5) is 0 Å². The second-order valence-corrected chi connectivity index (χ2v) is 6.40. The first-order valence-corrected chi connectivity index (χ1v) is 7.71. The Morgan fingerprint density at radius 2 is 1.75 bits per heavy atom. The Hall–Kier alpha value is -0.630. The minimum atomic E-state index is -0.397. The third-order valence-corrected chi connectivity index (χ3v) is 2.99. The van der Waals surface area contributed by atoms with E-state index in [-0.39, 0.29) is 5.60 Å². The van der Waals surface area contributed by atoms with E-state index in [0.717, 1.165) is 38.8 Å². The minimum absolute atomic E-state index is 0.0943. The molecule has 0 aliphatic heterocycles. The highest BCUT2D eigenvalue weighted by molar-refractivity contribution is 5.03. The normalized spacial score (nSPS) is 14.8. The van der Waals surface area contributed by atoms with Crippen LogP contribution >= 0.6 is 0 Å². The van der Waals surface area contributed by atoms with Gasteiger partial charge in [0, 0.05) is 6.61 Å². The van der Waals surface area contributed by atoms with Crippen molar-refractivity contribution in [3.05, 3.63) is 0 Å². The van der Waals surface area contributed by atoms with Crippen molar-refractivity contribution in [1.29, 1.82) is 5.26 Å². The van der Waals surface area contributed by atoms with E-state index in [1.165, 1.54) is 0 Å². The first kappa shape index (κ1) is 19.4. The quantitative estimate of drug-likeness (QED) is 0.592. The number of nitriles is 1. The summed E-state index contributed by atoms with van der Waals surface area (Å²) < 4.78 is 11.1. The fourth-order valence-electron chi connectivity index (χ4n) is 1.78. The molecule has 0 radical (unpaired) electrons. The number of hydrogen-bond acceptors (Lipinski definition) is 4. The minimum Gasteiger partial charge on any atom is -0.379 e. The number of unbranched alkanes of at least 4 members (excludes halogenated alkanes) is 1. The summed E-state index contributed by atoms with van der Waals surface area (Å²) >= 11 is 0. The van der Waals surface area contributed by atoms with Gasteiger partial charge in [0.1, 0.15) is 5.54 Å². The molecule has 0 heterocycles. The lowest BCUT2D eigenvalue weighted by molar-refractivity contribution is -0.0352. The molecule has 0 saturated heterocycles. The smallest absolute Gasteiger partial charge is 0.103 e. The van der Waals surface area contributed by atoms with Crippen LogP contribution < -0.4 is 5.32 Å². The standard InChI is InChI=1S/C16H32N2O2/c1-6-10-18-16(5,14-17)9-7-8-11-19-12-13-20-15(2,3)4/h18H,6-13H2,1-5H3. The summed E-state index contributed by atoms with van der Waals surface area (Å²) in [5, 5.41) is 12.5. The van der Waals surface area contributed by atoms with Gasteiger partial charge in [-0.2, -0.15) is 5.26 Å². The van der Waals surface area contributed by atoms with Crippen LogP contribution in [-0.2, 0) is 9.47 Å². The van der Waals surface area contributed by atoms with Crippen molar-refractivity contribution in [3.63, 3.8) is 0 Å². The molecule has 0 aromatic carbocycles. The average molecular weight is 284 g/mol. The van der Waals surface area contributed by atoms with E-state index in [0.29, 0.717) is 13.2 Å². The lowest BCUT2D eigenvalue weighted by Crippen LogP contribution is -2.41. The Morgan fingerprint density at radius 3 is 2.30 bits per heavy atom. The molecule has 1 N–H and O–H groups in total. The molecule has 4 heteroatoms. The van der Waals surface area contributed by atoms with Crippen molar-refractivity contribution < 1.29 is 9.47 Å². The van der Waals surface area contributed by atoms with Crippen LogP contribution in [0.25, 0.3) is 0 Å². The third kappa shape index (κ3) is 11.2. The molecule has 118 valence electrons. The molecule has 0 bridgehead atoms. The van der Waals surface area contributed by atoms with Gasteiger partial charge in [-0.3, -0.25) is 5.32 Å². The van der Waals surface area contributed by atoms with E-state index in [1.54, 1.807) is 0 Å². The number of nitrogens with one attached hydrogen (secondary N) is 1. The average Bonchev–Trinajstić information content (AvgIpc) is 2.38. The van der Waals surface area contributed by atoms with Crippen LogP contribution in [0.3, 0.4) is 0 Å². The Balaban J connectivity index is 3.54. The van der Waals surface area contributed by atoms with Crippen molar-refractivity contribution in [2.75, 3.05) is 26.4 Å². The fraction of sp³-hybridized carbons (Fsp3) is 0.938. The first-order chi connectivity index (χ1) is 9.33. The molecule has 0 aromatic rings. The van der Waals surface area contributed by atoms with Gasteiger partial charge in [-0.25, -0.2) is 0 Å². The topological polar surface area (TPSA) is 54.3 Å². The van der Waals surface area contributed by atoms with Crippen molar-refractivity contribution in [1.82, 2.24) is 5.32 Å². The summed E-state index contributed by atoms with van der Waals surface area (Å²) in [5.74, 6) is 0. The summed E-state index contributed by atoms with van der Waals surface area (Å²) in [7, 11) is 0. The van der Waals surface area contributed by atoms with Crippen LogP contribution in [0.5, 0.6) is 0 Å². The summed E-state index contributed by atoms with van der Waals surface area (Å²) in [6.07, 6.45) is 3.90. The van der Waals surface area contributed by atoms with Gasteiger partial charge in [0.15, 0.2) is 0 Å². The lowest BCUT2D eigenvalue weighted by Gasteiger charge is -2.23. The maximum absolute atomic E-state index is 9.20. The Morgan fingerprint density at radius 1 is 1.05 bits per heavy atom. The molecule has 0 spiro atoms. The van der Waals surface area contributed by atoms with Crippen LogP contribution in [0.1, 0.15) is 60.3 Å². The molecule has 0 fully saturated rings. The highest BCUT2D eigenvalue weighted by atomic mass is 16.5. The van der Waals surface area contributed by atoms with E-state index >= 15 is 0 Å². The second kappa shape index (κ2) is 10.1. The molecule has 20 heavy (non-hydrogen) atoms. The SMILES string of the molecule is CCCNC(C)(C#N)CCCCOCCOC(C)(C)C. The van der Waals surface area contributed by atoms with Crippen molar-refractivity contribution >= 4 is 0 Å². The first-order valence-electron chi connectivity index (χ1n) is 7.71. The van der Waals surface area contributed by atoms with Crippen molar-refractivity contribution in [2.45, 2.75) is 71.4 Å². The number of rotatable bonds is 11. The summed E-state index contributed by atoms with van der Waals surface area (Å²) in [5.41, 5.74) is -0.492. The largest absolute Gasteiger partial charge is 0.379 e. The summed E-state index contributed by atoms with van der Waals surface area (Å²) in [4.78, 5) is 0. The number of ether oxygens (including phenoxy) is 2. The van der Waals surface area contributed by atoms with E-state index in [2.05, 4.69) is 18.3 Å². The highest BCUT2D eigenvalue weighted by Crippen LogP contribution is 2.13. The molecule has 0 aromatic heterocycles. The molecule has 1 unspecified atom stereocenters. The van der Waals surface area contributed by atoms with Gasteiger partial charge in [0.05, 0.1) is 24.9 Å². The highest BCUT2D eigenvalue weighted by Gasteiger charge is 2.21. The Labute approximate surface area is 124 Å². The molecule has 0 aliphatic carbocycles. The predicted octanol–water partition coefficient (Wildman–Crippen LogP) is 3.27. The van der Waals surface area contributed by atoms with E-state index < -0.39 is 5.54 Å². The number of hydrogen-bond donors (Lipinski definition) is 1. The van der Waals surface area contributed by atoms with Gasteiger partial charge in [-0.1, -0.05) is 6.92 Å². The maximum atomic E-state index is 9.20. The van der Waals surface area contributed by atoms with Crippen molar-refractivity contribution in [3.8, 4) is 6.07 Å². The zero-order valence-electron chi connectivity index (χ0n) is 13.9. The van der Waals surface area contributed by atoms with Crippen LogP contribution in [0.2, 0.25) is 0 Å². The van der Waals surface area contributed by atoms with Crippen LogP contribution in [0, 0.1) is 11.3 Å². The molecule has 0 aliphatic rings. The fourth-order valence-corrected chi connectivity index (χ4v) is 1.78. The number of nitrogens with zero attached hydrogens (tertiary/aromatic N) is 1. The van der Waals surface area contributed by atoms with Gasteiger partial charge in [0.2, 0.25) is 0 Å². The third-order valence-electron chi connectivity index (χ3n) is 2.99. The van der Waals surface area contributed by atoms with Gasteiger partial charge in [0.25, 0.3) is 0 Å². The lowest BCUT2D eigenvalue weighted by atomic mass is 9.96. The molecule has 0 rings (SSSR count). The monoisotopic (exact) mass is 284 g/mol. The van der Waals surface area contributed by atoms with E-state index in [1.807, 2.05) is 27.7 Å². The zero-order valence-corrected chi connectivity index (χ0v) is 13.9. The Kier molecular flexibility index (Phi) is 9.83. The second-order valence-electron chi connectivity index (χ2n) is 6.40. The van der Waals surface area contributed by atoms with E-state index in [4.69, 9.17) is 9.47 Å². The molecule has 1 atom stereocenters. The predicted molar refractivity (Wildman–Crippen MR) is 82.7 cm³/mol.